The van der Waals surface area contributed by atoms with E-state index >= 15 is 4.39 Å². The molecule has 1 saturated heterocycles. The summed E-state index contributed by atoms with van der Waals surface area (Å²) in [6, 6.07) is 25.2. The van der Waals surface area contributed by atoms with Gasteiger partial charge in [-0.1, -0.05) is 85.1 Å². The fourth-order valence-electron chi connectivity index (χ4n) is 7.58. The maximum atomic E-state index is 16.2. The van der Waals surface area contributed by atoms with Crippen LogP contribution in [0.1, 0.15) is 48.2 Å². The predicted molar refractivity (Wildman–Crippen MR) is 216 cm³/mol. The van der Waals surface area contributed by atoms with Crippen LogP contribution in [0.4, 0.5) is 4.39 Å². The van der Waals surface area contributed by atoms with Crippen molar-refractivity contribution in [3.8, 4) is 22.3 Å². The largest absolute Gasteiger partial charge is 0.330 e. The third kappa shape index (κ3) is 7.29. The van der Waals surface area contributed by atoms with Crippen LogP contribution in [-0.2, 0) is 33.7 Å². The highest BCUT2D eigenvalue weighted by molar-refractivity contribution is 7.88. The molecule has 0 spiro atoms. The molecule has 12 heteroatoms. The highest BCUT2D eigenvalue weighted by atomic mass is 32.2. The Morgan fingerprint density at radius 2 is 1.64 bits per heavy atom. The Morgan fingerprint density at radius 1 is 0.855 bits per heavy atom. The molecule has 9 nitrogen and oxygen atoms in total. The number of Topliss-reactive ketones (excluding diaryl/α,β-unsaturated/α-hetero) is 1. The van der Waals surface area contributed by atoms with Crippen LogP contribution in [0.25, 0.3) is 43.4 Å². The first kappa shape index (κ1) is 36.7. The molecule has 1 aliphatic rings. The fraction of sp³-hybridized carbons (Fsp3) is 0.256. The van der Waals surface area contributed by atoms with Gasteiger partial charge in [0.2, 0.25) is 10.0 Å². The quantitative estimate of drug-likeness (QED) is 0.139. The first-order valence-corrected chi connectivity index (χ1v) is 20.9. The lowest BCUT2D eigenvalue weighted by atomic mass is 9.96. The van der Waals surface area contributed by atoms with Crippen LogP contribution >= 0.6 is 11.3 Å². The maximum Gasteiger partial charge on any atom is 0.330 e. The van der Waals surface area contributed by atoms with Gasteiger partial charge in [-0.3, -0.25) is 13.9 Å². The first-order chi connectivity index (χ1) is 26.6. The number of aromatic nitrogens is 4. The smallest absolute Gasteiger partial charge is 0.298 e. The summed E-state index contributed by atoms with van der Waals surface area (Å²) in [5.41, 5.74) is 5.46. The number of aryl methyl sites for hydroxylation is 2. The van der Waals surface area contributed by atoms with Crippen LogP contribution < -0.4 is 5.69 Å². The molecule has 0 aliphatic carbocycles. The molecule has 1 fully saturated rings. The van der Waals surface area contributed by atoms with E-state index < -0.39 is 33.4 Å². The maximum absolute atomic E-state index is 16.2. The number of fused-ring (bicyclic) bond motifs is 2. The van der Waals surface area contributed by atoms with Crippen molar-refractivity contribution in [2.75, 3.05) is 6.54 Å². The van der Waals surface area contributed by atoms with E-state index in [-0.39, 0.29) is 30.9 Å². The summed E-state index contributed by atoms with van der Waals surface area (Å²) >= 11 is 1.53. The second kappa shape index (κ2) is 15.1. The normalized spacial score (nSPS) is 15.4. The minimum atomic E-state index is -4.22. The van der Waals surface area contributed by atoms with Gasteiger partial charge in [0.1, 0.15) is 17.5 Å². The third-order valence-electron chi connectivity index (χ3n) is 10.5. The van der Waals surface area contributed by atoms with Crippen molar-refractivity contribution in [3.63, 3.8) is 0 Å². The second-order valence-electron chi connectivity index (χ2n) is 14.3. The zero-order valence-electron chi connectivity index (χ0n) is 30.6. The molecule has 4 aromatic carbocycles. The molecule has 1 aliphatic heterocycles. The number of carbonyl (C=O) groups excluding carboxylic acids is 1. The van der Waals surface area contributed by atoms with Crippen LogP contribution in [0.3, 0.4) is 0 Å². The first-order valence-electron chi connectivity index (χ1n) is 18.4. The topological polar surface area (TPSA) is 107 Å². The van der Waals surface area contributed by atoms with Crippen molar-refractivity contribution in [2.24, 2.45) is 0 Å². The molecule has 280 valence electrons. The fourth-order valence-corrected chi connectivity index (χ4v) is 10.3. The summed E-state index contributed by atoms with van der Waals surface area (Å²) in [5, 5.41) is 2.86. The van der Waals surface area contributed by atoms with Gasteiger partial charge in [0.05, 0.1) is 23.6 Å². The predicted octanol–water partition coefficient (Wildman–Crippen LogP) is 8.29. The van der Waals surface area contributed by atoms with Crippen LogP contribution in [0.5, 0.6) is 0 Å². The Kier molecular flexibility index (Phi) is 10.1. The molecule has 4 heterocycles. The van der Waals surface area contributed by atoms with Crippen molar-refractivity contribution in [1.29, 1.82) is 0 Å². The summed E-state index contributed by atoms with van der Waals surface area (Å²) in [5.74, 6) is -0.856. The van der Waals surface area contributed by atoms with Crippen LogP contribution in [0.15, 0.2) is 107 Å². The number of carbonyl (C=O) groups is 1. The van der Waals surface area contributed by atoms with Gasteiger partial charge in [-0.2, -0.15) is 4.31 Å². The molecular formula is C43H40FN5O4S2. The molecule has 3 aromatic heterocycles. The molecular weight excluding hydrogens is 734 g/mol. The molecule has 0 bridgehead atoms. The Bertz CT molecular complexity index is 2720. The third-order valence-corrected chi connectivity index (χ3v) is 13.2. The van der Waals surface area contributed by atoms with Crippen LogP contribution in [-0.4, -0.2) is 50.2 Å². The van der Waals surface area contributed by atoms with Gasteiger partial charge >= 0.3 is 5.69 Å². The van der Waals surface area contributed by atoms with Crippen molar-refractivity contribution >= 4 is 48.3 Å². The van der Waals surface area contributed by atoms with E-state index in [2.05, 4.69) is 9.97 Å². The van der Waals surface area contributed by atoms with E-state index in [0.29, 0.717) is 41.7 Å². The van der Waals surface area contributed by atoms with Crippen molar-refractivity contribution < 1.29 is 17.6 Å². The molecule has 7 aromatic rings. The van der Waals surface area contributed by atoms with Crippen molar-refractivity contribution in [3.05, 3.63) is 142 Å². The molecule has 0 radical (unpaired) electrons. The lowest BCUT2D eigenvalue weighted by Gasteiger charge is -2.28. The number of ketones is 1. The number of nitrogens with zero attached hydrogens (tertiary/aromatic N) is 5. The minimum absolute atomic E-state index is 0.135. The number of hydrogen-bond donors (Lipinski definition) is 0. The van der Waals surface area contributed by atoms with Gasteiger partial charge in [0.15, 0.2) is 5.78 Å². The number of rotatable bonds is 10. The number of benzene rings is 4. The van der Waals surface area contributed by atoms with Crippen LogP contribution in [0.2, 0.25) is 0 Å². The molecule has 0 N–H and O–H groups in total. The van der Waals surface area contributed by atoms with E-state index in [4.69, 9.17) is 0 Å². The second-order valence-corrected chi connectivity index (χ2v) is 17.1. The van der Waals surface area contributed by atoms with E-state index in [9.17, 15) is 18.0 Å². The molecule has 0 saturated carbocycles. The monoisotopic (exact) mass is 773 g/mol. The molecule has 8 rings (SSSR count). The highest BCUT2D eigenvalue weighted by Gasteiger charge is 2.37. The minimum Gasteiger partial charge on any atom is -0.298 e. The highest BCUT2D eigenvalue weighted by Crippen LogP contribution is 2.36. The Balaban J connectivity index is 1.12. The Morgan fingerprint density at radius 3 is 2.44 bits per heavy atom. The average Bonchev–Trinajstić information content (AvgIpc) is 3.58. The van der Waals surface area contributed by atoms with Crippen LogP contribution in [0, 0.1) is 19.7 Å². The zero-order chi connectivity index (χ0) is 38.3. The summed E-state index contributed by atoms with van der Waals surface area (Å²) in [4.78, 5) is 37.1. The van der Waals surface area contributed by atoms with E-state index in [0.717, 1.165) is 44.3 Å². The summed E-state index contributed by atoms with van der Waals surface area (Å²) in [7, 11) is -4.22. The van der Waals surface area contributed by atoms with E-state index in [1.165, 1.54) is 20.2 Å². The lowest BCUT2D eigenvalue weighted by molar-refractivity contribution is -0.122. The Labute approximate surface area is 322 Å². The Hall–Kier alpha value is -5.30. The van der Waals surface area contributed by atoms with Gasteiger partial charge < -0.3 is 0 Å². The van der Waals surface area contributed by atoms with Crippen molar-refractivity contribution in [2.45, 2.75) is 64.4 Å². The number of sulfonamides is 1. The number of thiophene rings is 1. The SMILES string of the molecule is Cc1ccc(Cn2c(=O)n(CS(=O)(=O)N3CCCCC[C@H]3C(=O)Cc3cccc(-c4csc5ccccc45)c3F)c3ccc(-c4cnc(C)nc4)cc32)cc1. The van der Waals surface area contributed by atoms with Gasteiger partial charge in [0, 0.05) is 52.1 Å². The lowest BCUT2D eigenvalue weighted by Crippen LogP contribution is -2.47. The molecule has 0 amide bonds. The van der Waals surface area contributed by atoms with Crippen molar-refractivity contribution in [1.82, 2.24) is 23.4 Å². The summed E-state index contributed by atoms with van der Waals surface area (Å²) in [6.45, 7) is 4.16. The van der Waals surface area contributed by atoms with E-state index in [1.807, 2.05) is 73.0 Å². The van der Waals surface area contributed by atoms with Gasteiger partial charge in [0.25, 0.3) is 0 Å². The number of halogens is 1. The molecule has 1 atom stereocenters. The zero-order valence-corrected chi connectivity index (χ0v) is 32.2. The van der Waals surface area contributed by atoms with Gasteiger partial charge in [-0.05, 0) is 67.0 Å². The number of imidazole rings is 1. The standard InChI is InChI=1S/C43H40FN5O4S2/c1-28-14-16-30(17-15-28)25-47-39-21-31(33-23-45-29(2)46-24-33)18-19-37(39)48(43(47)51)27-55(52,53)49-20-7-3-4-12-38(49)40(50)22-32-9-8-11-35(42(32)44)36-26-54-41-13-6-5-10-34(36)41/h5-6,8-11,13-19,21,23-24,26,38H,3-4,7,12,20,22,25,27H2,1-2H3/t38-/m0/s1. The summed E-state index contributed by atoms with van der Waals surface area (Å²) in [6.07, 6.45) is 5.50. The average molecular weight is 774 g/mol. The summed E-state index contributed by atoms with van der Waals surface area (Å²) < 4.78 is 50.4. The van der Waals surface area contributed by atoms with E-state index in [1.54, 1.807) is 48.1 Å². The van der Waals surface area contributed by atoms with Gasteiger partial charge in [-0.25, -0.2) is 27.6 Å². The van der Waals surface area contributed by atoms with Gasteiger partial charge in [-0.15, -0.1) is 11.3 Å². The number of hydrogen-bond acceptors (Lipinski definition) is 7. The molecule has 0 unspecified atom stereocenters. The molecule has 55 heavy (non-hydrogen) atoms.